The molecule has 2 aromatic rings. The second kappa shape index (κ2) is 7.17. The Bertz CT molecular complexity index is 972. The second-order valence-electron chi connectivity index (χ2n) is 6.00. The number of nitrogens with one attached hydrogen (secondary N) is 1. The van der Waals surface area contributed by atoms with Crippen molar-refractivity contribution in [1.29, 1.82) is 5.26 Å². The standard InChI is InChI=1S/C19H15N3O5/c1-2-16(23)21-15-9-12(10-20)19(18(24)17(15)11-3-4-11)27-14-7-5-13(6-8-14)22(25)26/h2,5-9,11,24H,1,3-4H2,(H,21,23). The van der Waals surface area contributed by atoms with E-state index in [-0.39, 0.29) is 34.4 Å². The summed E-state index contributed by atoms with van der Waals surface area (Å²) in [5.74, 6) is -0.447. The lowest BCUT2D eigenvalue weighted by Crippen LogP contribution is -2.10. The van der Waals surface area contributed by atoms with Crippen LogP contribution in [0.1, 0.15) is 29.9 Å². The molecule has 1 aliphatic rings. The molecule has 0 saturated heterocycles. The quantitative estimate of drug-likeness (QED) is 0.453. The molecule has 0 aliphatic heterocycles. The van der Waals surface area contributed by atoms with Crippen molar-refractivity contribution < 1.29 is 19.6 Å². The van der Waals surface area contributed by atoms with E-state index in [4.69, 9.17) is 4.74 Å². The minimum Gasteiger partial charge on any atom is -0.504 e. The Morgan fingerprint density at radius 1 is 1.41 bits per heavy atom. The van der Waals surface area contributed by atoms with Crippen LogP contribution < -0.4 is 10.1 Å². The molecule has 1 saturated carbocycles. The summed E-state index contributed by atoms with van der Waals surface area (Å²) in [7, 11) is 0. The van der Waals surface area contributed by atoms with Gasteiger partial charge in [-0.1, -0.05) is 6.58 Å². The molecule has 2 N–H and O–H groups in total. The van der Waals surface area contributed by atoms with E-state index in [2.05, 4.69) is 11.9 Å². The van der Waals surface area contributed by atoms with Crippen LogP contribution in [0.25, 0.3) is 0 Å². The zero-order valence-electron chi connectivity index (χ0n) is 14.1. The molecule has 136 valence electrons. The number of ether oxygens (including phenoxy) is 1. The van der Waals surface area contributed by atoms with E-state index in [1.54, 1.807) is 0 Å². The highest BCUT2D eigenvalue weighted by molar-refractivity contribution is 6.00. The number of amides is 1. The van der Waals surface area contributed by atoms with Gasteiger partial charge in [0.1, 0.15) is 17.4 Å². The highest BCUT2D eigenvalue weighted by Gasteiger charge is 2.32. The molecular weight excluding hydrogens is 350 g/mol. The minimum atomic E-state index is -0.537. The van der Waals surface area contributed by atoms with Crippen LogP contribution in [0, 0.1) is 21.4 Å². The number of non-ortho nitro benzene ring substituents is 1. The third kappa shape index (κ3) is 3.72. The first-order valence-electron chi connectivity index (χ1n) is 8.10. The maximum absolute atomic E-state index is 11.7. The first kappa shape index (κ1) is 17.9. The number of aromatic hydroxyl groups is 1. The van der Waals surface area contributed by atoms with E-state index in [1.807, 2.05) is 6.07 Å². The van der Waals surface area contributed by atoms with E-state index in [9.17, 15) is 25.3 Å². The van der Waals surface area contributed by atoms with Gasteiger partial charge in [0.25, 0.3) is 5.69 Å². The Hall–Kier alpha value is -3.86. The van der Waals surface area contributed by atoms with Crippen molar-refractivity contribution in [2.75, 3.05) is 5.32 Å². The predicted octanol–water partition coefficient (Wildman–Crippen LogP) is 3.97. The number of hydrogen-bond acceptors (Lipinski definition) is 6. The van der Waals surface area contributed by atoms with Gasteiger partial charge in [0.2, 0.25) is 5.91 Å². The molecule has 8 nitrogen and oxygen atoms in total. The van der Waals surface area contributed by atoms with E-state index in [1.165, 1.54) is 30.3 Å². The molecule has 0 bridgehead atoms. The van der Waals surface area contributed by atoms with E-state index >= 15 is 0 Å². The summed E-state index contributed by atoms with van der Waals surface area (Å²) in [5.41, 5.74) is 0.761. The van der Waals surface area contributed by atoms with Crippen molar-refractivity contribution >= 4 is 17.3 Å². The highest BCUT2D eigenvalue weighted by atomic mass is 16.6. The molecule has 1 aliphatic carbocycles. The molecule has 1 amide bonds. The smallest absolute Gasteiger partial charge is 0.269 e. The van der Waals surface area contributed by atoms with Gasteiger partial charge >= 0.3 is 0 Å². The van der Waals surface area contributed by atoms with Crippen LogP contribution in [0.3, 0.4) is 0 Å². The number of nitro groups is 1. The summed E-state index contributed by atoms with van der Waals surface area (Å²) in [5, 5.41) is 33.5. The molecule has 0 aromatic heterocycles. The molecule has 0 heterocycles. The Balaban J connectivity index is 2.03. The predicted molar refractivity (Wildman–Crippen MR) is 96.8 cm³/mol. The van der Waals surface area contributed by atoms with Crippen LogP contribution in [-0.2, 0) is 4.79 Å². The SMILES string of the molecule is C=CC(=O)Nc1cc(C#N)c(Oc2ccc([N+](=O)[O-])cc2)c(O)c1C1CC1. The average molecular weight is 365 g/mol. The van der Waals surface area contributed by atoms with Gasteiger partial charge in [-0.15, -0.1) is 0 Å². The van der Waals surface area contributed by atoms with Gasteiger partial charge in [-0.3, -0.25) is 14.9 Å². The van der Waals surface area contributed by atoms with Crippen molar-refractivity contribution in [3.63, 3.8) is 0 Å². The first-order valence-corrected chi connectivity index (χ1v) is 8.10. The molecule has 27 heavy (non-hydrogen) atoms. The van der Waals surface area contributed by atoms with Gasteiger partial charge in [-0.25, -0.2) is 0 Å². The third-order valence-electron chi connectivity index (χ3n) is 4.11. The van der Waals surface area contributed by atoms with Crippen LogP contribution in [0.5, 0.6) is 17.2 Å². The highest BCUT2D eigenvalue weighted by Crippen LogP contribution is 2.52. The van der Waals surface area contributed by atoms with E-state index < -0.39 is 10.8 Å². The molecule has 3 rings (SSSR count). The molecule has 0 unspecified atom stereocenters. The molecule has 0 radical (unpaired) electrons. The van der Waals surface area contributed by atoms with Crippen molar-refractivity contribution in [3.05, 3.63) is 64.2 Å². The fourth-order valence-corrected chi connectivity index (χ4v) is 2.68. The normalized spacial score (nSPS) is 12.7. The number of anilines is 1. The van der Waals surface area contributed by atoms with Gasteiger partial charge in [-0.05, 0) is 43.0 Å². The van der Waals surface area contributed by atoms with Crippen molar-refractivity contribution in [2.45, 2.75) is 18.8 Å². The number of phenolic OH excluding ortho intramolecular Hbond substituents is 1. The number of carbonyl (C=O) groups excluding carboxylic acids is 1. The summed E-state index contributed by atoms with van der Waals surface area (Å²) in [6.07, 6.45) is 2.78. The summed E-state index contributed by atoms with van der Waals surface area (Å²) in [4.78, 5) is 21.9. The molecular formula is C19H15N3O5. The Labute approximate surface area is 154 Å². The van der Waals surface area contributed by atoms with Gasteiger partial charge in [-0.2, -0.15) is 5.26 Å². The average Bonchev–Trinajstić information content (AvgIpc) is 3.48. The number of benzene rings is 2. The molecule has 2 aromatic carbocycles. The number of nitro benzene ring substituents is 1. The minimum absolute atomic E-state index is 0.0228. The number of hydrogen-bond donors (Lipinski definition) is 2. The second-order valence-corrected chi connectivity index (χ2v) is 6.00. The summed E-state index contributed by atoms with van der Waals surface area (Å²) in [6.45, 7) is 3.39. The summed E-state index contributed by atoms with van der Waals surface area (Å²) >= 11 is 0. The number of phenols is 1. The number of nitrogens with zero attached hydrogens (tertiary/aromatic N) is 2. The zero-order valence-corrected chi connectivity index (χ0v) is 14.1. The van der Waals surface area contributed by atoms with Crippen molar-refractivity contribution in [3.8, 4) is 23.3 Å². The van der Waals surface area contributed by atoms with Gasteiger partial charge in [0.15, 0.2) is 11.5 Å². The lowest BCUT2D eigenvalue weighted by atomic mass is 10.0. The van der Waals surface area contributed by atoms with Gasteiger partial charge < -0.3 is 15.2 Å². The maximum Gasteiger partial charge on any atom is 0.269 e. The topological polar surface area (TPSA) is 125 Å². The monoisotopic (exact) mass is 365 g/mol. The third-order valence-corrected chi connectivity index (χ3v) is 4.11. The van der Waals surface area contributed by atoms with E-state index in [0.29, 0.717) is 11.3 Å². The fourth-order valence-electron chi connectivity index (χ4n) is 2.68. The number of carbonyl (C=O) groups is 1. The number of nitriles is 1. The van der Waals surface area contributed by atoms with Crippen molar-refractivity contribution in [2.24, 2.45) is 0 Å². The Morgan fingerprint density at radius 2 is 2.07 bits per heavy atom. The maximum atomic E-state index is 11.7. The zero-order chi connectivity index (χ0) is 19.6. The molecule has 8 heteroatoms. The lowest BCUT2D eigenvalue weighted by Gasteiger charge is -2.17. The van der Waals surface area contributed by atoms with Gasteiger partial charge in [0, 0.05) is 23.4 Å². The largest absolute Gasteiger partial charge is 0.504 e. The Kier molecular flexibility index (Phi) is 4.77. The number of rotatable bonds is 6. The summed E-state index contributed by atoms with van der Waals surface area (Å²) in [6, 6.07) is 8.66. The fraction of sp³-hybridized carbons (Fsp3) is 0.158. The lowest BCUT2D eigenvalue weighted by molar-refractivity contribution is -0.384. The van der Waals surface area contributed by atoms with Crippen LogP contribution in [0.4, 0.5) is 11.4 Å². The molecule has 1 fully saturated rings. The van der Waals surface area contributed by atoms with Crippen molar-refractivity contribution in [1.82, 2.24) is 0 Å². The first-order chi connectivity index (χ1) is 12.9. The molecule has 0 atom stereocenters. The van der Waals surface area contributed by atoms with Crippen LogP contribution in [0.2, 0.25) is 0 Å². The van der Waals surface area contributed by atoms with Crippen LogP contribution in [-0.4, -0.2) is 15.9 Å². The Morgan fingerprint density at radius 3 is 2.59 bits per heavy atom. The van der Waals surface area contributed by atoms with Crippen LogP contribution >= 0.6 is 0 Å². The summed E-state index contributed by atoms with van der Waals surface area (Å²) < 4.78 is 5.64. The van der Waals surface area contributed by atoms with Crippen LogP contribution in [0.15, 0.2) is 43.0 Å². The molecule has 0 spiro atoms. The van der Waals surface area contributed by atoms with Gasteiger partial charge in [0.05, 0.1) is 4.92 Å². The van der Waals surface area contributed by atoms with E-state index in [0.717, 1.165) is 18.9 Å².